The van der Waals surface area contributed by atoms with Crippen LogP contribution in [0.15, 0.2) is 22.7 Å². The Morgan fingerprint density at radius 1 is 1.53 bits per heavy atom. The van der Waals surface area contributed by atoms with Gasteiger partial charge in [0.15, 0.2) is 0 Å². The predicted molar refractivity (Wildman–Crippen MR) is 76.2 cm³/mol. The molecular formula is C13H18BrClN2. The molecule has 1 saturated heterocycles. The lowest BCUT2D eigenvalue weighted by atomic mass is 9.94. The molecule has 1 aliphatic heterocycles. The lowest BCUT2D eigenvalue weighted by Crippen LogP contribution is -2.47. The first-order valence-corrected chi connectivity index (χ1v) is 7.15. The number of halogens is 2. The molecule has 0 bridgehead atoms. The standard InChI is InChI=1S/C13H18BrClN2/c1-9-4-5-17(8-13(9)16)7-10-6-11(14)2-3-12(10)15/h2-3,6,9,13H,4-5,7-8,16H2,1H3. The molecule has 0 aliphatic carbocycles. The van der Waals surface area contributed by atoms with Crippen molar-refractivity contribution in [3.63, 3.8) is 0 Å². The van der Waals surface area contributed by atoms with Crippen LogP contribution in [0.25, 0.3) is 0 Å². The molecule has 17 heavy (non-hydrogen) atoms. The summed E-state index contributed by atoms with van der Waals surface area (Å²) in [4.78, 5) is 2.39. The summed E-state index contributed by atoms with van der Waals surface area (Å²) in [6, 6.07) is 6.28. The highest BCUT2D eigenvalue weighted by atomic mass is 79.9. The van der Waals surface area contributed by atoms with E-state index < -0.39 is 0 Å². The summed E-state index contributed by atoms with van der Waals surface area (Å²) in [5.41, 5.74) is 7.28. The molecule has 0 amide bonds. The summed E-state index contributed by atoms with van der Waals surface area (Å²) in [6.45, 7) is 5.19. The average molecular weight is 318 g/mol. The molecule has 2 rings (SSSR count). The number of piperidine rings is 1. The Balaban J connectivity index is 2.03. The van der Waals surface area contributed by atoms with Crippen LogP contribution in [0.2, 0.25) is 5.02 Å². The molecule has 1 aliphatic rings. The first-order valence-electron chi connectivity index (χ1n) is 5.98. The van der Waals surface area contributed by atoms with Crippen LogP contribution in [0.5, 0.6) is 0 Å². The highest BCUT2D eigenvalue weighted by molar-refractivity contribution is 9.10. The van der Waals surface area contributed by atoms with Gasteiger partial charge in [-0.2, -0.15) is 0 Å². The van der Waals surface area contributed by atoms with Crippen molar-refractivity contribution in [2.24, 2.45) is 11.7 Å². The first kappa shape index (κ1) is 13.3. The summed E-state index contributed by atoms with van der Waals surface area (Å²) < 4.78 is 1.08. The number of hydrogen-bond acceptors (Lipinski definition) is 2. The van der Waals surface area contributed by atoms with Crippen LogP contribution in [0.1, 0.15) is 18.9 Å². The van der Waals surface area contributed by atoms with Gasteiger partial charge in [-0.25, -0.2) is 0 Å². The Bertz CT molecular complexity index is 397. The minimum atomic E-state index is 0.287. The minimum Gasteiger partial charge on any atom is -0.326 e. The summed E-state index contributed by atoms with van der Waals surface area (Å²) in [5.74, 6) is 0.629. The molecule has 2 N–H and O–H groups in total. The van der Waals surface area contributed by atoms with Gasteiger partial charge in [0, 0.05) is 28.6 Å². The summed E-state index contributed by atoms with van der Waals surface area (Å²) >= 11 is 9.68. The van der Waals surface area contributed by atoms with Crippen molar-refractivity contribution < 1.29 is 0 Å². The molecule has 1 aromatic rings. The van der Waals surface area contributed by atoms with E-state index >= 15 is 0 Å². The SMILES string of the molecule is CC1CCN(Cc2cc(Br)ccc2Cl)CC1N. The number of rotatable bonds is 2. The molecular weight excluding hydrogens is 300 g/mol. The van der Waals surface area contributed by atoms with E-state index in [0.717, 1.165) is 29.1 Å². The van der Waals surface area contributed by atoms with Crippen LogP contribution in [0.3, 0.4) is 0 Å². The maximum absolute atomic E-state index is 6.20. The van der Waals surface area contributed by atoms with Crippen molar-refractivity contribution in [3.8, 4) is 0 Å². The van der Waals surface area contributed by atoms with Crippen molar-refractivity contribution in [2.75, 3.05) is 13.1 Å². The van der Waals surface area contributed by atoms with E-state index in [1.54, 1.807) is 0 Å². The second kappa shape index (κ2) is 5.70. The molecule has 4 heteroatoms. The Labute approximate surface area is 116 Å². The second-order valence-electron chi connectivity index (χ2n) is 4.90. The van der Waals surface area contributed by atoms with Gasteiger partial charge in [0.05, 0.1) is 0 Å². The normalized spacial score (nSPS) is 26.1. The van der Waals surface area contributed by atoms with Crippen LogP contribution in [0.4, 0.5) is 0 Å². The molecule has 1 aromatic carbocycles. The molecule has 2 nitrogen and oxygen atoms in total. The van der Waals surface area contributed by atoms with Gasteiger partial charge >= 0.3 is 0 Å². The molecule has 1 heterocycles. The molecule has 94 valence electrons. The fraction of sp³-hybridized carbons (Fsp3) is 0.538. The summed E-state index contributed by atoms with van der Waals surface area (Å²) in [7, 11) is 0. The van der Waals surface area contributed by atoms with E-state index in [2.05, 4.69) is 33.8 Å². The van der Waals surface area contributed by atoms with Gasteiger partial charge in [0.25, 0.3) is 0 Å². The van der Waals surface area contributed by atoms with E-state index in [-0.39, 0.29) is 6.04 Å². The Morgan fingerprint density at radius 2 is 2.29 bits per heavy atom. The topological polar surface area (TPSA) is 29.3 Å². The molecule has 0 spiro atoms. The quantitative estimate of drug-likeness (QED) is 0.907. The third-order valence-corrected chi connectivity index (χ3v) is 4.36. The maximum Gasteiger partial charge on any atom is 0.0451 e. The van der Waals surface area contributed by atoms with Gasteiger partial charge in [-0.1, -0.05) is 34.5 Å². The molecule has 1 fully saturated rings. The molecule has 0 aromatic heterocycles. The Morgan fingerprint density at radius 3 is 3.00 bits per heavy atom. The van der Waals surface area contributed by atoms with Crippen molar-refractivity contribution in [1.82, 2.24) is 4.90 Å². The second-order valence-corrected chi connectivity index (χ2v) is 6.22. The van der Waals surface area contributed by atoms with E-state index in [1.807, 2.05) is 12.1 Å². The first-order chi connectivity index (χ1) is 8.06. The van der Waals surface area contributed by atoms with Gasteiger partial charge in [0.2, 0.25) is 0 Å². The minimum absolute atomic E-state index is 0.287. The number of hydrogen-bond donors (Lipinski definition) is 1. The van der Waals surface area contributed by atoms with Crippen LogP contribution in [-0.4, -0.2) is 24.0 Å². The monoisotopic (exact) mass is 316 g/mol. The van der Waals surface area contributed by atoms with Crippen molar-refractivity contribution >= 4 is 27.5 Å². The average Bonchev–Trinajstić information content (AvgIpc) is 2.29. The van der Waals surface area contributed by atoms with Crippen LogP contribution in [0, 0.1) is 5.92 Å². The van der Waals surface area contributed by atoms with Crippen LogP contribution < -0.4 is 5.73 Å². The van der Waals surface area contributed by atoms with Crippen LogP contribution >= 0.6 is 27.5 Å². The fourth-order valence-electron chi connectivity index (χ4n) is 2.22. The molecule has 0 radical (unpaired) electrons. The Hall–Kier alpha value is -0.0900. The zero-order valence-electron chi connectivity index (χ0n) is 10.00. The number of nitrogens with two attached hydrogens (primary N) is 1. The smallest absolute Gasteiger partial charge is 0.0451 e. The number of likely N-dealkylation sites (tertiary alicyclic amines) is 1. The largest absolute Gasteiger partial charge is 0.326 e. The lowest BCUT2D eigenvalue weighted by molar-refractivity contribution is 0.162. The molecule has 2 unspecified atom stereocenters. The number of benzene rings is 1. The van der Waals surface area contributed by atoms with Crippen molar-refractivity contribution in [3.05, 3.63) is 33.3 Å². The van der Waals surface area contributed by atoms with E-state index in [9.17, 15) is 0 Å². The third kappa shape index (κ3) is 3.44. The maximum atomic E-state index is 6.20. The number of nitrogens with zero attached hydrogens (tertiary/aromatic N) is 1. The van der Waals surface area contributed by atoms with Crippen molar-refractivity contribution in [1.29, 1.82) is 0 Å². The fourth-order valence-corrected chi connectivity index (χ4v) is 2.80. The Kier molecular flexibility index (Phi) is 4.47. The molecule has 2 atom stereocenters. The zero-order chi connectivity index (χ0) is 12.4. The highest BCUT2D eigenvalue weighted by Crippen LogP contribution is 2.24. The van der Waals surface area contributed by atoms with E-state index in [4.69, 9.17) is 17.3 Å². The van der Waals surface area contributed by atoms with Gasteiger partial charge < -0.3 is 5.73 Å². The summed E-state index contributed by atoms with van der Waals surface area (Å²) in [6.07, 6.45) is 1.17. The highest BCUT2D eigenvalue weighted by Gasteiger charge is 2.23. The zero-order valence-corrected chi connectivity index (χ0v) is 12.3. The predicted octanol–water partition coefficient (Wildman–Crippen LogP) is 3.27. The van der Waals surface area contributed by atoms with Crippen molar-refractivity contribution in [2.45, 2.75) is 25.9 Å². The summed E-state index contributed by atoms with van der Waals surface area (Å²) in [5, 5.41) is 0.834. The van der Waals surface area contributed by atoms with Crippen LogP contribution in [-0.2, 0) is 6.54 Å². The third-order valence-electron chi connectivity index (χ3n) is 3.50. The van der Waals surface area contributed by atoms with E-state index in [0.29, 0.717) is 5.92 Å². The van der Waals surface area contributed by atoms with Gasteiger partial charge in [-0.15, -0.1) is 0 Å². The van der Waals surface area contributed by atoms with Gasteiger partial charge in [0.1, 0.15) is 0 Å². The molecule has 0 saturated carbocycles. The van der Waals surface area contributed by atoms with Gasteiger partial charge in [-0.05, 0) is 42.6 Å². The van der Waals surface area contributed by atoms with E-state index in [1.165, 1.54) is 12.0 Å². The lowest BCUT2D eigenvalue weighted by Gasteiger charge is -2.35. The van der Waals surface area contributed by atoms with Gasteiger partial charge in [-0.3, -0.25) is 4.90 Å².